The molecule has 1 aromatic heterocycles. The molecule has 0 saturated carbocycles. The van der Waals surface area contributed by atoms with E-state index in [9.17, 15) is 9.90 Å². The molecule has 0 radical (unpaired) electrons. The summed E-state index contributed by atoms with van der Waals surface area (Å²) in [4.78, 5) is 12.0. The Hall–Kier alpha value is -2.01. The van der Waals surface area contributed by atoms with E-state index in [-0.39, 0.29) is 5.91 Å². The molecule has 0 spiro atoms. The topological polar surface area (TPSA) is 75.1 Å². The van der Waals surface area contributed by atoms with Gasteiger partial charge >= 0.3 is 0 Å². The molecule has 0 aliphatic rings. The van der Waals surface area contributed by atoms with E-state index in [2.05, 4.69) is 28.7 Å². The largest absolute Gasteiger partial charge is 0.387 e. The lowest BCUT2D eigenvalue weighted by molar-refractivity contribution is 0.0127. The van der Waals surface area contributed by atoms with E-state index in [4.69, 9.17) is 0 Å². The predicted molar refractivity (Wildman–Crippen MR) is 73.5 cm³/mol. The van der Waals surface area contributed by atoms with Crippen molar-refractivity contribution in [1.29, 1.82) is 0 Å². The normalized spacial score (nSPS) is 12.5. The van der Waals surface area contributed by atoms with Crippen molar-refractivity contribution in [3.8, 4) is 0 Å². The zero-order valence-electron chi connectivity index (χ0n) is 11.0. The molecule has 0 saturated heterocycles. The van der Waals surface area contributed by atoms with Crippen molar-refractivity contribution in [3.63, 3.8) is 0 Å². The van der Waals surface area contributed by atoms with Gasteiger partial charge in [-0.05, 0) is 25.8 Å². The van der Waals surface area contributed by atoms with Crippen LogP contribution in [0.2, 0.25) is 0 Å². The average molecular weight is 261 g/mol. The van der Waals surface area contributed by atoms with E-state index in [1.807, 2.05) is 0 Å². The summed E-state index contributed by atoms with van der Waals surface area (Å²) in [5.41, 5.74) is -0.680. The fraction of sp³-hybridized carbons (Fsp3) is 0.357. The van der Waals surface area contributed by atoms with Gasteiger partial charge < -0.3 is 10.4 Å². The van der Waals surface area contributed by atoms with Crippen molar-refractivity contribution in [2.75, 3.05) is 0 Å². The number of aliphatic hydroxyl groups is 1. The molecule has 1 rings (SSSR count). The molecule has 0 bridgehead atoms. The zero-order valence-corrected chi connectivity index (χ0v) is 11.0. The van der Waals surface area contributed by atoms with E-state index in [1.165, 1.54) is 12.4 Å². The molecule has 0 aliphatic heterocycles. The van der Waals surface area contributed by atoms with Crippen LogP contribution in [-0.4, -0.2) is 32.9 Å². The number of aromatic nitrogens is 2. The highest BCUT2D eigenvalue weighted by Crippen LogP contribution is 2.21. The molecule has 1 heterocycles. The van der Waals surface area contributed by atoms with Crippen LogP contribution >= 0.6 is 0 Å². The minimum Gasteiger partial charge on any atom is -0.387 e. The van der Waals surface area contributed by atoms with Gasteiger partial charge in [0.2, 0.25) is 0 Å². The number of rotatable bonds is 7. The van der Waals surface area contributed by atoms with Crippen LogP contribution in [0.25, 0.3) is 0 Å². The van der Waals surface area contributed by atoms with Crippen molar-refractivity contribution in [2.24, 2.45) is 0 Å². The molecule has 5 nitrogen and oxygen atoms in total. The second-order valence-corrected chi connectivity index (χ2v) is 4.42. The van der Waals surface area contributed by atoms with Gasteiger partial charge in [-0.3, -0.25) is 4.79 Å². The SMILES string of the molecule is C=CCC(O)(CC=C)C(C)NC(=O)c1ccnnc1. The smallest absolute Gasteiger partial charge is 0.253 e. The first kappa shape index (κ1) is 15.0. The summed E-state index contributed by atoms with van der Waals surface area (Å²) in [6.07, 6.45) is 6.81. The Balaban J connectivity index is 2.76. The van der Waals surface area contributed by atoms with Crippen LogP contribution in [0.3, 0.4) is 0 Å². The van der Waals surface area contributed by atoms with Gasteiger partial charge in [0.05, 0.1) is 29.6 Å². The molecule has 1 aromatic rings. The van der Waals surface area contributed by atoms with Crippen molar-refractivity contribution in [1.82, 2.24) is 15.5 Å². The second kappa shape index (κ2) is 6.80. The molecule has 0 aliphatic carbocycles. The van der Waals surface area contributed by atoms with Crippen LogP contribution in [0.1, 0.15) is 30.1 Å². The lowest BCUT2D eigenvalue weighted by Crippen LogP contribution is -2.50. The van der Waals surface area contributed by atoms with Gasteiger partial charge in [-0.15, -0.1) is 13.2 Å². The minimum atomic E-state index is -1.08. The highest BCUT2D eigenvalue weighted by Gasteiger charge is 2.32. The fourth-order valence-electron chi connectivity index (χ4n) is 1.78. The summed E-state index contributed by atoms with van der Waals surface area (Å²) >= 11 is 0. The monoisotopic (exact) mass is 261 g/mol. The maximum absolute atomic E-state index is 12.0. The van der Waals surface area contributed by atoms with Gasteiger partial charge in [-0.25, -0.2) is 0 Å². The van der Waals surface area contributed by atoms with Crippen LogP contribution in [0, 0.1) is 0 Å². The predicted octanol–water partition coefficient (Wildman–Crippen LogP) is 1.48. The molecule has 1 amide bonds. The number of nitrogens with one attached hydrogen (secondary N) is 1. The molecule has 1 unspecified atom stereocenters. The zero-order chi connectivity index (χ0) is 14.3. The van der Waals surface area contributed by atoms with Crippen LogP contribution in [0.4, 0.5) is 0 Å². The fourth-order valence-corrected chi connectivity index (χ4v) is 1.78. The van der Waals surface area contributed by atoms with Gasteiger partial charge in [0, 0.05) is 0 Å². The molecule has 2 N–H and O–H groups in total. The third kappa shape index (κ3) is 3.99. The quantitative estimate of drug-likeness (QED) is 0.729. The maximum atomic E-state index is 12.0. The number of nitrogens with zero attached hydrogens (tertiary/aromatic N) is 2. The first-order chi connectivity index (χ1) is 9.03. The average Bonchev–Trinajstić information content (AvgIpc) is 2.40. The second-order valence-electron chi connectivity index (χ2n) is 4.42. The molecule has 0 fully saturated rings. The first-order valence-electron chi connectivity index (χ1n) is 6.05. The van der Waals surface area contributed by atoms with Gasteiger partial charge in [-0.2, -0.15) is 10.2 Å². The molecular formula is C14H19N3O2. The molecule has 0 aromatic carbocycles. The van der Waals surface area contributed by atoms with E-state index in [0.29, 0.717) is 18.4 Å². The van der Waals surface area contributed by atoms with E-state index >= 15 is 0 Å². The third-order valence-electron chi connectivity index (χ3n) is 3.00. The molecule has 19 heavy (non-hydrogen) atoms. The number of carbonyl (C=O) groups excluding carboxylic acids is 1. The molecule has 1 atom stereocenters. The minimum absolute atomic E-state index is 0.297. The Morgan fingerprint density at radius 2 is 2.11 bits per heavy atom. The van der Waals surface area contributed by atoms with Crippen LogP contribution in [0.15, 0.2) is 43.8 Å². The standard InChI is InChI=1S/C14H19N3O2/c1-4-7-14(19,8-5-2)11(3)17-13(18)12-6-9-15-16-10-12/h4-6,9-11,19H,1-2,7-8H2,3H3,(H,17,18). The summed E-state index contributed by atoms with van der Waals surface area (Å²) < 4.78 is 0. The highest BCUT2D eigenvalue weighted by molar-refractivity contribution is 5.93. The van der Waals surface area contributed by atoms with Crippen LogP contribution in [0.5, 0.6) is 0 Å². The van der Waals surface area contributed by atoms with Gasteiger partial charge in [0.15, 0.2) is 0 Å². The number of hydrogen-bond acceptors (Lipinski definition) is 4. The number of amides is 1. The van der Waals surface area contributed by atoms with E-state index < -0.39 is 11.6 Å². The Morgan fingerprint density at radius 3 is 2.58 bits per heavy atom. The van der Waals surface area contributed by atoms with Gasteiger partial charge in [0.1, 0.15) is 0 Å². The molecule has 102 valence electrons. The Kier molecular flexibility index (Phi) is 5.38. The number of hydrogen-bond donors (Lipinski definition) is 2. The van der Waals surface area contributed by atoms with Crippen molar-refractivity contribution in [3.05, 3.63) is 49.3 Å². The van der Waals surface area contributed by atoms with Crippen LogP contribution in [-0.2, 0) is 0 Å². The molecule has 5 heteroatoms. The van der Waals surface area contributed by atoms with Crippen LogP contribution < -0.4 is 5.32 Å². The van der Waals surface area contributed by atoms with Crippen molar-refractivity contribution in [2.45, 2.75) is 31.4 Å². The van der Waals surface area contributed by atoms with E-state index in [1.54, 1.807) is 25.1 Å². The molecular weight excluding hydrogens is 242 g/mol. The van der Waals surface area contributed by atoms with Gasteiger partial charge in [-0.1, -0.05) is 12.2 Å². The lowest BCUT2D eigenvalue weighted by Gasteiger charge is -2.33. The van der Waals surface area contributed by atoms with Gasteiger partial charge in [0.25, 0.3) is 5.91 Å². The summed E-state index contributed by atoms with van der Waals surface area (Å²) in [5, 5.41) is 20.5. The Bertz CT molecular complexity index is 435. The summed E-state index contributed by atoms with van der Waals surface area (Å²) in [6, 6.07) is 1.12. The summed E-state index contributed by atoms with van der Waals surface area (Å²) in [5.74, 6) is -0.297. The highest BCUT2D eigenvalue weighted by atomic mass is 16.3. The van der Waals surface area contributed by atoms with Crippen molar-refractivity contribution < 1.29 is 9.90 Å². The Morgan fingerprint density at radius 1 is 1.47 bits per heavy atom. The maximum Gasteiger partial charge on any atom is 0.253 e. The number of carbonyl (C=O) groups is 1. The Labute approximate surface area is 113 Å². The summed E-state index contributed by atoms with van der Waals surface area (Å²) in [7, 11) is 0. The lowest BCUT2D eigenvalue weighted by atomic mass is 9.88. The summed E-state index contributed by atoms with van der Waals surface area (Å²) in [6.45, 7) is 8.99. The van der Waals surface area contributed by atoms with Crippen molar-refractivity contribution >= 4 is 5.91 Å². The van der Waals surface area contributed by atoms with E-state index in [0.717, 1.165) is 0 Å². The third-order valence-corrected chi connectivity index (χ3v) is 3.00. The first-order valence-corrected chi connectivity index (χ1v) is 6.05.